The van der Waals surface area contributed by atoms with Crippen LogP contribution in [0, 0.1) is 6.92 Å². The van der Waals surface area contributed by atoms with E-state index in [0.717, 1.165) is 16.9 Å². The molecular formula is C18H14N4O2. The van der Waals surface area contributed by atoms with Gasteiger partial charge in [0.2, 0.25) is 0 Å². The molecule has 1 aromatic carbocycles. The van der Waals surface area contributed by atoms with Gasteiger partial charge in [0, 0.05) is 18.0 Å². The average Bonchev–Trinajstić information content (AvgIpc) is 3.21. The lowest BCUT2D eigenvalue weighted by molar-refractivity contribution is 0.102. The monoisotopic (exact) mass is 318 g/mol. The fourth-order valence-electron chi connectivity index (χ4n) is 2.59. The van der Waals surface area contributed by atoms with Crippen LogP contribution in [0.5, 0.6) is 0 Å². The summed E-state index contributed by atoms with van der Waals surface area (Å²) in [6.45, 7) is 1.70. The Morgan fingerprint density at radius 1 is 1.17 bits per heavy atom. The molecule has 0 aliphatic rings. The number of nitrogens with zero attached hydrogens (tertiary/aromatic N) is 3. The summed E-state index contributed by atoms with van der Waals surface area (Å²) >= 11 is 0. The first kappa shape index (κ1) is 14.2. The lowest BCUT2D eigenvalue weighted by Crippen LogP contribution is -2.12. The Bertz CT molecular complexity index is 999. The highest BCUT2D eigenvalue weighted by molar-refractivity contribution is 6.06. The van der Waals surface area contributed by atoms with E-state index in [-0.39, 0.29) is 5.91 Å². The number of carbonyl (C=O) groups excluding carboxylic acids is 1. The van der Waals surface area contributed by atoms with E-state index in [1.807, 2.05) is 59.3 Å². The molecular weight excluding hydrogens is 304 g/mol. The Labute approximate surface area is 137 Å². The second-order valence-corrected chi connectivity index (χ2v) is 5.39. The SMILES string of the molecule is Cc1oncc1C(=O)Nc1ccccc1-c1cn2ccccc2n1. The third-order valence-electron chi connectivity index (χ3n) is 3.81. The van der Waals surface area contributed by atoms with Gasteiger partial charge < -0.3 is 14.2 Å². The number of aryl methyl sites for hydroxylation is 1. The molecule has 4 rings (SSSR count). The van der Waals surface area contributed by atoms with E-state index in [2.05, 4.69) is 15.5 Å². The summed E-state index contributed by atoms with van der Waals surface area (Å²) < 4.78 is 6.89. The summed E-state index contributed by atoms with van der Waals surface area (Å²) in [6, 6.07) is 13.4. The number of amides is 1. The van der Waals surface area contributed by atoms with Crippen LogP contribution in [0.2, 0.25) is 0 Å². The summed E-state index contributed by atoms with van der Waals surface area (Å²) in [5, 5.41) is 6.55. The van der Waals surface area contributed by atoms with Crippen LogP contribution in [0.3, 0.4) is 0 Å². The van der Waals surface area contributed by atoms with Gasteiger partial charge in [-0.3, -0.25) is 4.79 Å². The first-order valence-corrected chi connectivity index (χ1v) is 7.48. The van der Waals surface area contributed by atoms with Crippen molar-refractivity contribution in [3.05, 3.63) is 72.4 Å². The smallest absolute Gasteiger partial charge is 0.260 e. The van der Waals surface area contributed by atoms with Crippen molar-refractivity contribution in [1.82, 2.24) is 14.5 Å². The quantitative estimate of drug-likeness (QED) is 0.627. The van der Waals surface area contributed by atoms with Gasteiger partial charge in [-0.15, -0.1) is 0 Å². The predicted octanol–water partition coefficient (Wildman–Crippen LogP) is 3.55. The van der Waals surface area contributed by atoms with E-state index >= 15 is 0 Å². The number of nitrogens with one attached hydrogen (secondary N) is 1. The predicted molar refractivity (Wildman–Crippen MR) is 89.8 cm³/mol. The molecule has 0 bridgehead atoms. The van der Waals surface area contributed by atoms with E-state index in [0.29, 0.717) is 17.0 Å². The Balaban J connectivity index is 1.73. The maximum atomic E-state index is 12.4. The molecule has 0 aliphatic carbocycles. The molecule has 6 nitrogen and oxygen atoms in total. The standard InChI is InChI=1S/C18H14N4O2/c1-12-14(10-19-24-12)18(23)21-15-7-3-2-6-13(15)16-11-22-9-5-4-8-17(22)20-16/h2-11H,1H3,(H,21,23). The van der Waals surface area contributed by atoms with Crippen LogP contribution in [-0.2, 0) is 0 Å². The molecule has 0 atom stereocenters. The van der Waals surface area contributed by atoms with Crippen LogP contribution in [0.1, 0.15) is 16.1 Å². The van der Waals surface area contributed by atoms with Crippen molar-refractivity contribution in [2.45, 2.75) is 6.92 Å². The van der Waals surface area contributed by atoms with Gasteiger partial charge in [0.1, 0.15) is 17.0 Å². The first-order chi connectivity index (χ1) is 11.7. The van der Waals surface area contributed by atoms with E-state index in [1.54, 1.807) is 6.92 Å². The molecule has 118 valence electrons. The molecule has 3 heterocycles. The molecule has 1 amide bonds. The first-order valence-electron chi connectivity index (χ1n) is 7.48. The molecule has 0 saturated heterocycles. The molecule has 4 aromatic rings. The van der Waals surface area contributed by atoms with Crippen LogP contribution in [0.4, 0.5) is 5.69 Å². The van der Waals surface area contributed by atoms with Gasteiger partial charge in [-0.05, 0) is 25.1 Å². The third-order valence-corrected chi connectivity index (χ3v) is 3.81. The number of aromatic nitrogens is 3. The van der Waals surface area contributed by atoms with E-state index in [9.17, 15) is 4.79 Å². The Hall–Kier alpha value is -3.41. The van der Waals surface area contributed by atoms with Crippen molar-refractivity contribution in [2.75, 3.05) is 5.32 Å². The van der Waals surface area contributed by atoms with Gasteiger partial charge in [0.05, 0.1) is 17.6 Å². The summed E-state index contributed by atoms with van der Waals surface area (Å²) in [7, 11) is 0. The second kappa shape index (κ2) is 5.66. The molecule has 0 fully saturated rings. The molecule has 0 saturated carbocycles. The van der Waals surface area contributed by atoms with Gasteiger partial charge in [-0.1, -0.05) is 29.4 Å². The van der Waals surface area contributed by atoms with Crippen LogP contribution in [0.25, 0.3) is 16.9 Å². The highest BCUT2D eigenvalue weighted by Gasteiger charge is 2.16. The number of anilines is 1. The van der Waals surface area contributed by atoms with Crippen molar-refractivity contribution in [2.24, 2.45) is 0 Å². The minimum absolute atomic E-state index is 0.259. The fraction of sp³-hybridized carbons (Fsp3) is 0.0556. The molecule has 3 aromatic heterocycles. The largest absolute Gasteiger partial charge is 0.361 e. The molecule has 0 aliphatic heterocycles. The molecule has 0 unspecified atom stereocenters. The number of carbonyl (C=O) groups is 1. The van der Waals surface area contributed by atoms with E-state index < -0.39 is 0 Å². The van der Waals surface area contributed by atoms with Crippen molar-refractivity contribution >= 4 is 17.2 Å². The second-order valence-electron chi connectivity index (χ2n) is 5.39. The zero-order valence-corrected chi connectivity index (χ0v) is 12.9. The van der Waals surface area contributed by atoms with Crippen molar-refractivity contribution < 1.29 is 9.32 Å². The Kier molecular flexibility index (Phi) is 3.35. The maximum Gasteiger partial charge on any atom is 0.260 e. The lowest BCUT2D eigenvalue weighted by atomic mass is 10.1. The lowest BCUT2D eigenvalue weighted by Gasteiger charge is -2.08. The number of fused-ring (bicyclic) bond motifs is 1. The van der Waals surface area contributed by atoms with Crippen molar-refractivity contribution in [3.8, 4) is 11.3 Å². The molecule has 6 heteroatoms. The molecule has 24 heavy (non-hydrogen) atoms. The van der Waals surface area contributed by atoms with Gasteiger partial charge in [-0.25, -0.2) is 4.98 Å². The van der Waals surface area contributed by atoms with E-state index in [1.165, 1.54) is 6.20 Å². The summed E-state index contributed by atoms with van der Waals surface area (Å²) in [5.41, 5.74) is 3.60. The van der Waals surface area contributed by atoms with Gasteiger partial charge in [0.25, 0.3) is 5.91 Å². The maximum absolute atomic E-state index is 12.4. The zero-order chi connectivity index (χ0) is 16.5. The number of benzene rings is 1. The summed E-state index contributed by atoms with van der Waals surface area (Å²) in [4.78, 5) is 17.0. The Morgan fingerprint density at radius 2 is 2.00 bits per heavy atom. The van der Waals surface area contributed by atoms with Crippen LogP contribution >= 0.6 is 0 Å². The van der Waals surface area contributed by atoms with Gasteiger partial charge in [0.15, 0.2) is 0 Å². The average molecular weight is 318 g/mol. The molecule has 0 spiro atoms. The van der Waals surface area contributed by atoms with Crippen LogP contribution < -0.4 is 5.32 Å². The number of hydrogen-bond donors (Lipinski definition) is 1. The number of imidazole rings is 1. The van der Waals surface area contributed by atoms with Crippen molar-refractivity contribution in [1.29, 1.82) is 0 Å². The minimum atomic E-state index is -0.259. The van der Waals surface area contributed by atoms with Gasteiger partial charge in [-0.2, -0.15) is 0 Å². The highest BCUT2D eigenvalue weighted by Crippen LogP contribution is 2.28. The number of rotatable bonds is 3. The van der Waals surface area contributed by atoms with Crippen molar-refractivity contribution in [3.63, 3.8) is 0 Å². The fourth-order valence-corrected chi connectivity index (χ4v) is 2.59. The number of pyridine rings is 1. The van der Waals surface area contributed by atoms with Gasteiger partial charge >= 0.3 is 0 Å². The third kappa shape index (κ3) is 2.44. The normalized spacial score (nSPS) is 10.9. The summed E-state index contributed by atoms with van der Waals surface area (Å²) in [5.74, 6) is 0.225. The molecule has 1 N–H and O–H groups in total. The van der Waals surface area contributed by atoms with E-state index in [4.69, 9.17) is 4.52 Å². The Morgan fingerprint density at radius 3 is 2.79 bits per heavy atom. The summed E-state index contributed by atoms with van der Waals surface area (Å²) in [6.07, 6.45) is 5.29. The topological polar surface area (TPSA) is 72.4 Å². The number of para-hydroxylation sites is 1. The van der Waals surface area contributed by atoms with Crippen LogP contribution in [0.15, 0.2) is 65.6 Å². The number of hydrogen-bond acceptors (Lipinski definition) is 4. The minimum Gasteiger partial charge on any atom is -0.361 e. The molecule has 0 radical (unpaired) electrons. The van der Waals surface area contributed by atoms with Crippen LogP contribution in [-0.4, -0.2) is 20.4 Å². The zero-order valence-electron chi connectivity index (χ0n) is 12.9. The highest BCUT2D eigenvalue weighted by atomic mass is 16.5.